The Hall–Kier alpha value is -1.95. The Kier molecular flexibility index (Phi) is 3.34. The highest BCUT2D eigenvalue weighted by molar-refractivity contribution is 9.10. The molecule has 86 valence electrons. The van der Waals surface area contributed by atoms with Crippen molar-refractivity contribution in [1.29, 1.82) is 0 Å². The third-order valence-corrected chi connectivity index (χ3v) is 2.54. The van der Waals surface area contributed by atoms with Gasteiger partial charge in [0.15, 0.2) is 0 Å². The number of anilines is 2. The summed E-state index contributed by atoms with van der Waals surface area (Å²) in [4.78, 5) is 19.4. The fourth-order valence-corrected chi connectivity index (χ4v) is 1.45. The SMILES string of the molecule is Nc1cnc(C(=O)Nc2ccc(Br)cc2)cn1. The van der Waals surface area contributed by atoms with Gasteiger partial charge >= 0.3 is 0 Å². The lowest BCUT2D eigenvalue weighted by atomic mass is 10.3. The Bertz CT molecular complexity index is 524. The molecule has 0 aliphatic carbocycles. The molecule has 1 heterocycles. The van der Waals surface area contributed by atoms with Crippen molar-refractivity contribution < 1.29 is 4.79 Å². The number of hydrogen-bond acceptors (Lipinski definition) is 4. The fourth-order valence-electron chi connectivity index (χ4n) is 1.18. The predicted molar refractivity (Wildman–Crippen MR) is 68.5 cm³/mol. The van der Waals surface area contributed by atoms with Gasteiger partial charge in [-0.05, 0) is 24.3 Å². The summed E-state index contributed by atoms with van der Waals surface area (Å²) in [7, 11) is 0. The van der Waals surface area contributed by atoms with E-state index < -0.39 is 0 Å². The molecule has 2 rings (SSSR count). The maximum Gasteiger partial charge on any atom is 0.275 e. The number of halogens is 1. The molecule has 0 atom stereocenters. The second kappa shape index (κ2) is 4.92. The molecule has 6 heteroatoms. The molecule has 1 amide bonds. The van der Waals surface area contributed by atoms with Crippen molar-refractivity contribution in [3.8, 4) is 0 Å². The number of hydrogen-bond donors (Lipinski definition) is 2. The van der Waals surface area contributed by atoms with Crippen LogP contribution in [0.5, 0.6) is 0 Å². The Labute approximate surface area is 106 Å². The van der Waals surface area contributed by atoms with Gasteiger partial charge in [-0.1, -0.05) is 15.9 Å². The molecule has 0 aliphatic rings. The lowest BCUT2D eigenvalue weighted by Crippen LogP contribution is -2.14. The second-order valence-electron chi connectivity index (χ2n) is 3.29. The average Bonchev–Trinajstić information content (AvgIpc) is 2.33. The average molecular weight is 293 g/mol. The van der Waals surface area contributed by atoms with Crippen molar-refractivity contribution in [2.24, 2.45) is 0 Å². The van der Waals surface area contributed by atoms with Gasteiger partial charge in [0.1, 0.15) is 11.5 Å². The normalized spacial score (nSPS) is 9.94. The lowest BCUT2D eigenvalue weighted by Gasteiger charge is -2.04. The predicted octanol–water partition coefficient (Wildman–Crippen LogP) is 2.07. The minimum Gasteiger partial charge on any atom is -0.382 e. The molecule has 5 nitrogen and oxygen atoms in total. The van der Waals surface area contributed by atoms with Gasteiger partial charge in [0.2, 0.25) is 0 Å². The van der Waals surface area contributed by atoms with Gasteiger partial charge in [-0.25, -0.2) is 9.97 Å². The van der Waals surface area contributed by atoms with Crippen LogP contribution in [0.25, 0.3) is 0 Å². The van der Waals surface area contributed by atoms with E-state index in [9.17, 15) is 4.79 Å². The van der Waals surface area contributed by atoms with E-state index in [0.29, 0.717) is 5.69 Å². The summed E-state index contributed by atoms with van der Waals surface area (Å²) in [5.41, 5.74) is 6.30. The number of nitrogen functional groups attached to an aromatic ring is 1. The van der Waals surface area contributed by atoms with Crippen LogP contribution in [0.4, 0.5) is 11.5 Å². The van der Waals surface area contributed by atoms with Crippen LogP contribution in [0, 0.1) is 0 Å². The van der Waals surface area contributed by atoms with Crippen molar-refractivity contribution in [2.45, 2.75) is 0 Å². The summed E-state index contributed by atoms with van der Waals surface area (Å²) in [6.07, 6.45) is 2.68. The highest BCUT2D eigenvalue weighted by Gasteiger charge is 2.07. The second-order valence-corrected chi connectivity index (χ2v) is 4.20. The van der Waals surface area contributed by atoms with Crippen molar-refractivity contribution in [1.82, 2.24) is 9.97 Å². The first-order chi connectivity index (χ1) is 8.15. The topological polar surface area (TPSA) is 80.9 Å². The number of nitrogens with zero attached hydrogens (tertiary/aromatic N) is 2. The number of aromatic nitrogens is 2. The first-order valence-electron chi connectivity index (χ1n) is 4.79. The number of benzene rings is 1. The lowest BCUT2D eigenvalue weighted by molar-refractivity contribution is 0.102. The van der Waals surface area contributed by atoms with Crippen LogP contribution in [0.1, 0.15) is 10.5 Å². The molecule has 2 aromatic rings. The number of nitrogens with one attached hydrogen (secondary N) is 1. The smallest absolute Gasteiger partial charge is 0.275 e. The molecule has 1 aromatic heterocycles. The molecule has 0 aliphatic heterocycles. The molecular weight excluding hydrogens is 284 g/mol. The first kappa shape index (κ1) is 11.5. The maximum absolute atomic E-state index is 11.7. The molecule has 0 saturated carbocycles. The van der Waals surface area contributed by atoms with Crippen molar-refractivity contribution in [2.75, 3.05) is 11.1 Å². The molecule has 0 spiro atoms. The zero-order valence-electron chi connectivity index (χ0n) is 8.72. The first-order valence-corrected chi connectivity index (χ1v) is 5.59. The summed E-state index contributed by atoms with van der Waals surface area (Å²) in [6, 6.07) is 7.24. The van der Waals surface area contributed by atoms with Gasteiger partial charge in [0.05, 0.1) is 12.4 Å². The van der Waals surface area contributed by atoms with E-state index in [0.717, 1.165) is 4.47 Å². The summed E-state index contributed by atoms with van der Waals surface area (Å²) in [5.74, 6) is -0.0370. The molecule has 0 fully saturated rings. The highest BCUT2D eigenvalue weighted by Crippen LogP contribution is 2.14. The number of carbonyl (C=O) groups is 1. The standard InChI is InChI=1S/C11H9BrN4O/c12-7-1-3-8(4-2-7)16-11(17)9-5-15-10(13)6-14-9/h1-6H,(H2,13,15)(H,16,17). The van der Waals surface area contributed by atoms with E-state index in [1.807, 2.05) is 12.1 Å². The van der Waals surface area contributed by atoms with E-state index >= 15 is 0 Å². The summed E-state index contributed by atoms with van der Waals surface area (Å²) < 4.78 is 0.947. The van der Waals surface area contributed by atoms with Gasteiger partial charge < -0.3 is 11.1 Å². The summed E-state index contributed by atoms with van der Waals surface area (Å²) in [6.45, 7) is 0. The molecule has 0 radical (unpaired) electrons. The molecule has 0 unspecified atom stereocenters. The molecular formula is C11H9BrN4O. The third kappa shape index (κ3) is 3.01. The van der Waals surface area contributed by atoms with Crippen LogP contribution in [-0.4, -0.2) is 15.9 Å². The van der Waals surface area contributed by atoms with E-state index in [1.54, 1.807) is 12.1 Å². The van der Waals surface area contributed by atoms with E-state index in [4.69, 9.17) is 5.73 Å². The minimum absolute atomic E-state index is 0.224. The van der Waals surface area contributed by atoms with Crippen molar-refractivity contribution >= 4 is 33.3 Å². The van der Waals surface area contributed by atoms with Crippen molar-refractivity contribution in [3.05, 3.63) is 46.8 Å². The van der Waals surface area contributed by atoms with Crippen LogP contribution >= 0.6 is 15.9 Å². The Morgan fingerprint density at radius 1 is 1.18 bits per heavy atom. The summed E-state index contributed by atoms with van der Waals surface area (Å²) in [5, 5.41) is 2.70. The minimum atomic E-state index is -0.320. The van der Waals surface area contributed by atoms with Gasteiger partial charge in [0.25, 0.3) is 5.91 Å². The van der Waals surface area contributed by atoms with Gasteiger partial charge in [-0.15, -0.1) is 0 Å². The Morgan fingerprint density at radius 2 is 1.88 bits per heavy atom. The van der Waals surface area contributed by atoms with Gasteiger partial charge in [-0.2, -0.15) is 0 Å². The summed E-state index contributed by atoms with van der Waals surface area (Å²) >= 11 is 3.32. The number of amides is 1. The third-order valence-electron chi connectivity index (χ3n) is 2.01. The molecule has 0 bridgehead atoms. The number of nitrogens with two attached hydrogens (primary N) is 1. The van der Waals surface area contributed by atoms with Crippen LogP contribution in [-0.2, 0) is 0 Å². The van der Waals surface area contributed by atoms with E-state index in [1.165, 1.54) is 12.4 Å². The Morgan fingerprint density at radius 3 is 2.47 bits per heavy atom. The number of carbonyl (C=O) groups excluding carboxylic acids is 1. The monoisotopic (exact) mass is 292 g/mol. The zero-order valence-corrected chi connectivity index (χ0v) is 10.3. The van der Waals surface area contributed by atoms with E-state index in [-0.39, 0.29) is 17.4 Å². The quantitative estimate of drug-likeness (QED) is 0.888. The largest absolute Gasteiger partial charge is 0.382 e. The fraction of sp³-hybridized carbons (Fsp3) is 0. The molecule has 1 aromatic carbocycles. The highest BCUT2D eigenvalue weighted by atomic mass is 79.9. The van der Waals surface area contributed by atoms with Crippen LogP contribution < -0.4 is 11.1 Å². The zero-order chi connectivity index (χ0) is 12.3. The van der Waals surface area contributed by atoms with Crippen LogP contribution in [0.2, 0.25) is 0 Å². The molecule has 17 heavy (non-hydrogen) atoms. The van der Waals surface area contributed by atoms with E-state index in [2.05, 4.69) is 31.2 Å². The van der Waals surface area contributed by atoms with Crippen molar-refractivity contribution in [3.63, 3.8) is 0 Å². The van der Waals surface area contributed by atoms with Gasteiger partial charge in [0, 0.05) is 10.2 Å². The van der Waals surface area contributed by atoms with Crippen LogP contribution in [0.3, 0.4) is 0 Å². The Balaban J connectivity index is 2.11. The number of rotatable bonds is 2. The van der Waals surface area contributed by atoms with Gasteiger partial charge in [-0.3, -0.25) is 4.79 Å². The molecule has 0 saturated heterocycles. The maximum atomic E-state index is 11.7. The van der Waals surface area contributed by atoms with Crippen LogP contribution in [0.15, 0.2) is 41.1 Å². The molecule has 3 N–H and O–H groups in total.